The van der Waals surface area contributed by atoms with E-state index in [1.165, 1.54) is 10.4 Å². The maximum Gasteiger partial charge on any atom is 0.251 e. The molecule has 2 N–H and O–H groups in total. The molecular formula is C22H24N4OS. The number of hydrogen-bond donors (Lipinski definition) is 2. The molecule has 1 saturated heterocycles. The van der Waals surface area contributed by atoms with Gasteiger partial charge in [-0.05, 0) is 35.6 Å². The van der Waals surface area contributed by atoms with Crippen LogP contribution in [0.2, 0.25) is 0 Å². The quantitative estimate of drug-likeness (QED) is 0.676. The highest BCUT2D eigenvalue weighted by Crippen LogP contribution is 2.21. The van der Waals surface area contributed by atoms with E-state index in [1.54, 1.807) is 23.6 Å². The van der Waals surface area contributed by atoms with Gasteiger partial charge in [0.2, 0.25) is 0 Å². The van der Waals surface area contributed by atoms with Gasteiger partial charge in [-0.1, -0.05) is 36.4 Å². The molecule has 0 bridgehead atoms. The summed E-state index contributed by atoms with van der Waals surface area (Å²) in [4.78, 5) is 20.6. The van der Waals surface area contributed by atoms with Crippen LogP contribution in [-0.4, -0.2) is 37.1 Å². The van der Waals surface area contributed by atoms with Crippen LogP contribution in [0.4, 0.5) is 5.82 Å². The molecule has 1 aliphatic rings. The Balaban J connectivity index is 1.39. The van der Waals surface area contributed by atoms with E-state index in [-0.39, 0.29) is 11.9 Å². The van der Waals surface area contributed by atoms with Crippen LogP contribution in [0, 0.1) is 0 Å². The van der Waals surface area contributed by atoms with Crippen molar-refractivity contribution in [2.45, 2.75) is 12.5 Å². The lowest BCUT2D eigenvalue weighted by atomic mass is 10.0. The Morgan fingerprint density at radius 3 is 2.93 bits per heavy atom. The highest BCUT2D eigenvalue weighted by atomic mass is 32.1. The molecule has 0 aliphatic carbocycles. The van der Waals surface area contributed by atoms with Gasteiger partial charge in [0, 0.05) is 48.9 Å². The molecule has 28 heavy (non-hydrogen) atoms. The number of pyridine rings is 1. The number of hydrogen-bond acceptors (Lipinski definition) is 5. The number of rotatable bonds is 6. The molecule has 1 aromatic carbocycles. The number of aromatic nitrogens is 1. The van der Waals surface area contributed by atoms with Crippen LogP contribution in [0.1, 0.15) is 26.8 Å². The second-order valence-electron chi connectivity index (χ2n) is 6.85. The van der Waals surface area contributed by atoms with Gasteiger partial charge in [0.05, 0.1) is 0 Å². The van der Waals surface area contributed by atoms with Crippen molar-refractivity contribution in [3.05, 3.63) is 82.2 Å². The van der Waals surface area contributed by atoms with Gasteiger partial charge in [-0.3, -0.25) is 4.79 Å². The molecule has 0 radical (unpaired) electrons. The predicted octanol–water partition coefficient (Wildman–Crippen LogP) is 3.27. The average molecular weight is 393 g/mol. The third-order valence-corrected chi connectivity index (χ3v) is 5.88. The van der Waals surface area contributed by atoms with Gasteiger partial charge >= 0.3 is 0 Å². The highest BCUT2D eigenvalue weighted by Gasteiger charge is 2.22. The zero-order valence-electron chi connectivity index (χ0n) is 15.7. The van der Waals surface area contributed by atoms with E-state index in [0.29, 0.717) is 12.1 Å². The Hall–Kier alpha value is -2.70. The van der Waals surface area contributed by atoms with E-state index in [2.05, 4.69) is 56.2 Å². The smallest absolute Gasteiger partial charge is 0.251 e. The molecule has 0 saturated carbocycles. The number of carbonyl (C=O) groups excluding carboxylic acids is 1. The lowest BCUT2D eigenvalue weighted by molar-refractivity contribution is 0.0954. The van der Waals surface area contributed by atoms with Crippen molar-refractivity contribution in [2.75, 3.05) is 31.1 Å². The molecule has 4 rings (SSSR count). The topological polar surface area (TPSA) is 57.3 Å². The third kappa shape index (κ3) is 4.58. The van der Waals surface area contributed by atoms with Crippen molar-refractivity contribution in [3.8, 4) is 0 Å². The second-order valence-corrected chi connectivity index (χ2v) is 7.88. The number of carbonyl (C=O) groups is 1. The first-order valence-electron chi connectivity index (χ1n) is 9.59. The number of piperazine rings is 1. The average Bonchev–Trinajstić information content (AvgIpc) is 3.28. The summed E-state index contributed by atoms with van der Waals surface area (Å²) >= 11 is 1.72. The summed E-state index contributed by atoms with van der Waals surface area (Å²) in [5, 5.41) is 8.64. The first-order valence-corrected chi connectivity index (χ1v) is 10.5. The Labute approximate surface area is 169 Å². The first-order chi connectivity index (χ1) is 13.8. The molecule has 1 atom stereocenters. The molecule has 1 amide bonds. The van der Waals surface area contributed by atoms with Crippen molar-refractivity contribution in [1.29, 1.82) is 0 Å². The molecule has 1 aliphatic heterocycles. The van der Waals surface area contributed by atoms with Crippen LogP contribution < -0.4 is 15.5 Å². The Bertz CT molecular complexity index is 898. The Morgan fingerprint density at radius 1 is 1.21 bits per heavy atom. The molecule has 6 heteroatoms. The molecule has 1 fully saturated rings. The number of nitrogens with zero attached hydrogens (tertiary/aromatic N) is 2. The largest absolute Gasteiger partial charge is 0.353 e. The molecule has 144 valence electrons. The van der Waals surface area contributed by atoms with Crippen LogP contribution in [-0.2, 0) is 6.42 Å². The molecule has 0 unspecified atom stereocenters. The number of amides is 1. The maximum atomic E-state index is 12.5. The zero-order valence-corrected chi connectivity index (χ0v) is 16.5. The van der Waals surface area contributed by atoms with Gasteiger partial charge in [-0.25, -0.2) is 4.98 Å². The van der Waals surface area contributed by atoms with Gasteiger partial charge in [-0.2, -0.15) is 0 Å². The Morgan fingerprint density at radius 2 is 2.11 bits per heavy atom. The normalized spacial score (nSPS) is 16.7. The van der Waals surface area contributed by atoms with Crippen LogP contribution in [0.25, 0.3) is 0 Å². The number of anilines is 1. The van der Waals surface area contributed by atoms with Gasteiger partial charge in [0.25, 0.3) is 5.91 Å². The van der Waals surface area contributed by atoms with Gasteiger partial charge in [0.15, 0.2) is 0 Å². The van der Waals surface area contributed by atoms with Crippen molar-refractivity contribution in [1.82, 2.24) is 15.6 Å². The lowest BCUT2D eigenvalue weighted by Gasteiger charge is -2.34. The van der Waals surface area contributed by atoms with E-state index < -0.39 is 0 Å². The zero-order chi connectivity index (χ0) is 19.2. The maximum absolute atomic E-state index is 12.5. The minimum absolute atomic E-state index is 0.0463. The molecule has 3 aromatic rings. The van der Waals surface area contributed by atoms with Crippen molar-refractivity contribution >= 4 is 23.1 Å². The lowest BCUT2D eigenvalue weighted by Crippen LogP contribution is -2.46. The predicted molar refractivity (Wildman–Crippen MR) is 114 cm³/mol. The molecule has 5 nitrogen and oxygen atoms in total. The summed E-state index contributed by atoms with van der Waals surface area (Å²) < 4.78 is 0. The monoisotopic (exact) mass is 392 g/mol. The first kappa shape index (κ1) is 18.7. The molecule has 3 heterocycles. The summed E-state index contributed by atoms with van der Waals surface area (Å²) in [5.41, 5.74) is 1.93. The van der Waals surface area contributed by atoms with E-state index in [1.807, 2.05) is 18.2 Å². The van der Waals surface area contributed by atoms with Crippen LogP contribution in [0.3, 0.4) is 0 Å². The summed E-state index contributed by atoms with van der Waals surface area (Å²) in [5.74, 6) is 0.809. The minimum atomic E-state index is -0.0463. The number of thiophene rings is 1. The SMILES string of the molecule is O=C(NCCc1cccs1)c1ccnc(N2CCN[C@@H](c3ccccc3)C2)c1. The molecule has 2 aromatic heterocycles. The standard InChI is InChI=1S/C22H24N4OS/c27-22(25-11-9-19-7-4-14-28-19)18-8-10-24-21(15-18)26-13-12-23-20(16-26)17-5-2-1-3-6-17/h1-8,10,14-15,20,23H,9,11-13,16H2,(H,25,27)/t20-/m1/s1. The highest BCUT2D eigenvalue weighted by molar-refractivity contribution is 7.09. The fraction of sp³-hybridized carbons (Fsp3) is 0.273. The summed E-state index contributed by atoms with van der Waals surface area (Å²) in [7, 11) is 0. The van der Waals surface area contributed by atoms with Gasteiger partial charge in [-0.15, -0.1) is 11.3 Å². The summed E-state index contributed by atoms with van der Waals surface area (Å²) in [6.45, 7) is 3.24. The second kappa shape index (κ2) is 8.99. The van der Waals surface area contributed by atoms with E-state index in [0.717, 1.165) is 31.9 Å². The minimum Gasteiger partial charge on any atom is -0.353 e. The molecule has 0 spiro atoms. The summed E-state index contributed by atoms with van der Waals surface area (Å²) in [6, 6.07) is 18.5. The number of benzene rings is 1. The molecular weight excluding hydrogens is 368 g/mol. The summed E-state index contributed by atoms with van der Waals surface area (Å²) in [6.07, 6.45) is 2.58. The van der Waals surface area contributed by atoms with Crippen molar-refractivity contribution in [2.24, 2.45) is 0 Å². The van der Waals surface area contributed by atoms with Crippen LogP contribution in [0.15, 0.2) is 66.2 Å². The fourth-order valence-electron chi connectivity index (χ4n) is 3.46. The van der Waals surface area contributed by atoms with E-state index in [9.17, 15) is 4.79 Å². The Kier molecular flexibility index (Phi) is 5.99. The fourth-order valence-corrected chi connectivity index (χ4v) is 4.16. The van der Waals surface area contributed by atoms with Crippen molar-refractivity contribution in [3.63, 3.8) is 0 Å². The van der Waals surface area contributed by atoms with Crippen molar-refractivity contribution < 1.29 is 4.79 Å². The van der Waals surface area contributed by atoms with E-state index in [4.69, 9.17) is 0 Å². The van der Waals surface area contributed by atoms with E-state index >= 15 is 0 Å². The van der Waals surface area contributed by atoms with Crippen LogP contribution in [0.5, 0.6) is 0 Å². The van der Waals surface area contributed by atoms with Gasteiger partial charge < -0.3 is 15.5 Å². The number of nitrogens with one attached hydrogen (secondary N) is 2. The van der Waals surface area contributed by atoms with Crippen LogP contribution >= 0.6 is 11.3 Å². The van der Waals surface area contributed by atoms with Gasteiger partial charge in [0.1, 0.15) is 5.82 Å². The third-order valence-electron chi connectivity index (χ3n) is 4.95.